The van der Waals surface area contributed by atoms with E-state index < -0.39 is 0 Å². The van der Waals surface area contributed by atoms with E-state index in [4.69, 9.17) is 5.73 Å². The van der Waals surface area contributed by atoms with Crippen molar-refractivity contribution in [3.8, 4) is 0 Å². The van der Waals surface area contributed by atoms with Crippen LogP contribution in [0.25, 0.3) is 10.2 Å². The molecule has 3 rings (SSSR count). The third-order valence-electron chi connectivity index (χ3n) is 4.14. The first-order chi connectivity index (χ1) is 10.2. The van der Waals surface area contributed by atoms with Crippen molar-refractivity contribution in [2.45, 2.75) is 45.1 Å². The average molecular weight is 306 g/mol. The fourth-order valence-electron chi connectivity index (χ4n) is 3.22. The average Bonchev–Trinajstić information content (AvgIpc) is 2.85. The van der Waals surface area contributed by atoms with Crippen molar-refractivity contribution in [3.05, 3.63) is 10.9 Å². The molecule has 2 heterocycles. The van der Waals surface area contributed by atoms with E-state index in [-0.39, 0.29) is 6.61 Å². The maximum absolute atomic E-state index is 9.46. The van der Waals surface area contributed by atoms with Crippen LogP contribution < -0.4 is 10.6 Å². The van der Waals surface area contributed by atoms with E-state index in [0.29, 0.717) is 18.5 Å². The van der Waals surface area contributed by atoms with Crippen LogP contribution in [0.3, 0.4) is 0 Å². The number of nitrogens with two attached hydrogens (primary N) is 1. The van der Waals surface area contributed by atoms with Gasteiger partial charge in [0.2, 0.25) is 5.95 Å². The molecule has 6 heteroatoms. The minimum Gasteiger partial charge on any atom is -0.395 e. The summed E-state index contributed by atoms with van der Waals surface area (Å²) in [5.74, 6) is 1.21. The number of hydrogen-bond acceptors (Lipinski definition) is 6. The lowest BCUT2D eigenvalue weighted by atomic mass is 9.94. The number of aromatic nitrogens is 2. The van der Waals surface area contributed by atoms with E-state index in [2.05, 4.69) is 27.9 Å². The second-order valence-electron chi connectivity index (χ2n) is 5.69. The van der Waals surface area contributed by atoms with Gasteiger partial charge in [0.15, 0.2) is 0 Å². The zero-order valence-corrected chi connectivity index (χ0v) is 13.2. The van der Waals surface area contributed by atoms with Crippen LogP contribution in [-0.2, 0) is 0 Å². The molecule has 3 N–H and O–H groups in total. The van der Waals surface area contributed by atoms with Gasteiger partial charge < -0.3 is 15.7 Å². The Bertz CT molecular complexity index is 621. The first kappa shape index (κ1) is 14.5. The van der Waals surface area contributed by atoms with Gasteiger partial charge in [0, 0.05) is 17.5 Å². The number of nitrogens with zero attached hydrogens (tertiary/aromatic N) is 3. The first-order valence-corrected chi connectivity index (χ1v) is 8.42. The molecular weight excluding hydrogens is 284 g/mol. The maximum atomic E-state index is 9.46. The second-order valence-corrected chi connectivity index (χ2v) is 6.92. The number of aliphatic hydroxyl groups is 1. The van der Waals surface area contributed by atoms with Crippen molar-refractivity contribution in [2.24, 2.45) is 0 Å². The molecule has 0 saturated heterocycles. The molecular formula is C15H22N4OS. The molecule has 2 aromatic heterocycles. The predicted molar refractivity (Wildman–Crippen MR) is 87.9 cm³/mol. The minimum atomic E-state index is 0.130. The van der Waals surface area contributed by atoms with Gasteiger partial charge in [0.1, 0.15) is 10.6 Å². The number of nitrogen functional groups attached to an aromatic ring is 1. The van der Waals surface area contributed by atoms with Crippen LogP contribution in [0.15, 0.2) is 6.07 Å². The fourth-order valence-corrected chi connectivity index (χ4v) is 4.10. The van der Waals surface area contributed by atoms with E-state index >= 15 is 0 Å². The maximum Gasteiger partial charge on any atom is 0.223 e. The highest BCUT2D eigenvalue weighted by Crippen LogP contribution is 2.34. The third-order valence-corrected chi connectivity index (χ3v) is 5.09. The summed E-state index contributed by atoms with van der Waals surface area (Å²) in [6, 6.07) is 2.57. The summed E-state index contributed by atoms with van der Waals surface area (Å²) in [6.45, 7) is 2.81. The molecule has 0 radical (unpaired) electrons. The molecule has 0 aromatic carbocycles. The molecule has 114 valence electrons. The van der Waals surface area contributed by atoms with Crippen LogP contribution in [0.5, 0.6) is 0 Å². The van der Waals surface area contributed by atoms with Crippen molar-refractivity contribution in [1.29, 1.82) is 0 Å². The van der Waals surface area contributed by atoms with Crippen molar-refractivity contribution in [1.82, 2.24) is 9.97 Å². The summed E-state index contributed by atoms with van der Waals surface area (Å²) in [5.41, 5.74) is 5.89. The lowest BCUT2D eigenvalue weighted by Crippen LogP contribution is -2.39. The predicted octanol–water partition coefficient (Wildman–Crippen LogP) is 2.71. The molecule has 1 saturated carbocycles. The second kappa shape index (κ2) is 6.15. The Labute approximate surface area is 128 Å². The molecule has 0 unspecified atom stereocenters. The number of fused-ring (bicyclic) bond motifs is 1. The molecule has 5 nitrogen and oxygen atoms in total. The van der Waals surface area contributed by atoms with Gasteiger partial charge >= 0.3 is 0 Å². The lowest BCUT2D eigenvalue weighted by molar-refractivity contribution is 0.289. The molecule has 0 aliphatic heterocycles. The first-order valence-electron chi connectivity index (χ1n) is 7.60. The lowest BCUT2D eigenvalue weighted by Gasteiger charge is -2.35. The van der Waals surface area contributed by atoms with Gasteiger partial charge in [-0.3, -0.25) is 0 Å². The van der Waals surface area contributed by atoms with Crippen LogP contribution in [0.4, 0.5) is 11.8 Å². The van der Waals surface area contributed by atoms with E-state index in [1.54, 1.807) is 11.3 Å². The summed E-state index contributed by atoms with van der Waals surface area (Å²) in [6.07, 6.45) is 6.13. The van der Waals surface area contributed by atoms with Crippen LogP contribution in [-0.4, -0.2) is 34.3 Å². The van der Waals surface area contributed by atoms with Crippen molar-refractivity contribution >= 4 is 33.3 Å². The molecule has 0 bridgehead atoms. The summed E-state index contributed by atoms with van der Waals surface area (Å²) < 4.78 is 0. The molecule has 1 fully saturated rings. The van der Waals surface area contributed by atoms with E-state index in [9.17, 15) is 5.11 Å². The molecule has 0 atom stereocenters. The Kier molecular flexibility index (Phi) is 4.26. The summed E-state index contributed by atoms with van der Waals surface area (Å²) in [4.78, 5) is 13.2. The number of anilines is 2. The number of aryl methyl sites for hydroxylation is 1. The third kappa shape index (κ3) is 2.96. The van der Waals surface area contributed by atoms with E-state index in [0.717, 1.165) is 28.9 Å². The number of thiophene rings is 1. The van der Waals surface area contributed by atoms with E-state index in [1.165, 1.54) is 24.1 Å². The zero-order chi connectivity index (χ0) is 14.8. The summed E-state index contributed by atoms with van der Waals surface area (Å²) >= 11 is 1.64. The zero-order valence-electron chi connectivity index (χ0n) is 12.4. The summed E-state index contributed by atoms with van der Waals surface area (Å²) in [5, 5.41) is 10.5. The van der Waals surface area contributed by atoms with Gasteiger partial charge in [-0.2, -0.15) is 4.98 Å². The molecule has 21 heavy (non-hydrogen) atoms. The van der Waals surface area contributed by atoms with Crippen molar-refractivity contribution < 1.29 is 5.11 Å². The monoisotopic (exact) mass is 306 g/mol. The summed E-state index contributed by atoms with van der Waals surface area (Å²) in [7, 11) is 0. The minimum absolute atomic E-state index is 0.130. The Morgan fingerprint density at radius 3 is 2.81 bits per heavy atom. The Morgan fingerprint density at radius 1 is 1.33 bits per heavy atom. The van der Waals surface area contributed by atoms with Crippen molar-refractivity contribution in [3.63, 3.8) is 0 Å². The SMILES string of the molecule is Cc1cc2c(N(CCO)C3CCCCC3)nc(N)nc2s1. The van der Waals surface area contributed by atoms with Crippen LogP contribution in [0.1, 0.15) is 37.0 Å². The van der Waals surface area contributed by atoms with Gasteiger partial charge in [-0.1, -0.05) is 19.3 Å². The molecule has 1 aliphatic carbocycles. The molecule has 2 aromatic rings. The van der Waals surface area contributed by atoms with Gasteiger partial charge in [0.25, 0.3) is 0 Å². The Balaban J connectivity index is 2.05. The number of hydrogen-bond donors (Lipinski definition) is 2. The van der Waals surface area contributed by atoms with Gasteiger partial charge in [0.05, 0.1) is 12.0 Å². The highest BCUT2D eigenvalue weighted by molar-refractivity contribution is 7.18. The normalized spacial score (nSPS) is 16.5. The van der Waals surface area contributed by atoms with Gasteiger partial charge in [-0.15, -0.1) is 11.3 Å². The van der Waals surface area contributed by atoms with Crippen LogP contribution in [0, 0.1) is 6.92 Å². The van der Waals surface area contributed by atoms with Gasteiger partial charge in [-0.25, -0.2) is 4.98 Å². The quantitative estimate of drug-likeness (QED) is 0.908. The van der Waals surface area contributed by atoms with E-state index in [1.807, 2.05) is 0 Å². The molecule has 0 spiro atoms. The highest BCUT2D eigenvalue weighted by Gasteiger charge is 2.24. The standard InChI is InChI=1S/C15H22N4OS/c1-10-9-12-13(17-15(16)18-14(12)21-10)19(7-8-20)11-5-3-2-4-6-11/h9,11,20H,2-8H2,1H3,(H2,16,17,18). The van der Waals surface area contributed by atoms with Crippen LogP contribution in [0.2, 0.25) is 0 Å². The Morgan fingerprint density at radius 2 is 2.10 bits per heavy atom. The fraction of sp³-hybridized carbons (Fsp3) is 0.600. The number of rotatable bonds is 4. The molecule has 0 amide bonds. The topological polar surface area (TPSA) is 75.3 Å². The molecule has 1 aliphatic rings. The highest BCUT2D eigenvalue weighted by atomic mass is 32.1. The number of aliphatic hydroxyl groups excluding tert-OH is 1. The van der Waals surface area contributed by atoms with Crippen molar-refractivity contribution in [2.75, 3.05) is 23.8 Å². The smallest absolute Gasteiger partial charge is 0.223 e. The van der Waals surface area contributed by atoms with Crippen LogP contribution >= 0.6 is 11.3 Å². The largest absolute Gasteiger partial charge is 0.395 e. The van der Waals surface area contributed by atoms with Gasteiger partial charge in [-0.05, 0) is 25.8 Å². The Hall–Kier alpha value is -1.40.